The number of carbonyl (C=O) groups excluding carboxylic acids is 1. The molecule has 158 valence electrons. The minimum Gasteiger partial charge on any atom is -0.370 e. The van der Waals surface area contributed by atoms with E-state index >= 15 is 0 Å². The molecule has 31 heavy (non-hydrogen) atoms. The van der Waals surface area contributed by atoms with E-state index in [4.69, 9.17) is 10.7 Å². The van der Waals surface area contributed by atoms with Gasteiger partial charge in [-0.3, -0.25) is 14.5 Å². The Labute approximate surface area is 182 Å². The lowest BCUT2D eigenvalue weighted by atomic mass is 10.1. The van der Waals surface area contributed by atoms with Gasteiger partial charge in [-0.05, 0) is 31.0 Å². The Balaban J connectivity index is 1.35. The Hall–Kier alpha value is -3.40. The topological polar surface area (TPSA) is 124 Å². The summed E-state index contributed by atoms with van der Waals surface area (Å²) in [6.07, 6.45) is 10.6. The average molecular weight is 435 g/mol. The number of rotatable bonds is 7. The van der Waals surface area contributed by atoms with Gasteiger partial charge in [-0.2, -0.15) is 5.10 Å². The van der Waals surface area contributed by atoms with E-state index in [-0.39, 0.29) is 12.3 Å². The van der Waals surface area contributed by atoms with Gasteiger partial charge in [0.25, 0.3) is 0 Å². The third-order valence-corrected chi connectivity index (χ3v) is 6.47. The van der Waals surface area contributed by atoms with Gasteiger partial charge >= 0.3 is 0 Å². The highest BCUT2D eigenvalue weighted by Gasteiger charge is 2.21. The number of fused-ring (bicyclic) bond motifs is 1. The predicted octanol–water partition coefficient (Wildman–Crippen LogP) is 3.62. The van der Waals surface area contributed by atoms with Crippen LogP contribution in [0.3, 0.4) is 0 Å². The van der Waals surface area contributed by atoms with E-state index in [2.05, 4.69) is 25.6 Å². The van der Waals surface area contributed by atoms with Crippen LogP contribution in [0.4, 0.5) is 10.9 Å². The third kappa shape index (κ3) is 4.38. The molecular weight excluding hydrogens is 412 g/mol. The fourth-order valence-electron chi connectivity index (χ4n) is 3.83. The van der Waals surface area contributed by atoms with Gasteiger partial charge in [-0.15, -0.1) is 10.2 Å². The molecule has 0 bridgehead atoms. The van der Waals surface area contributed by atoms with Crippen molar-refractivity contribution in [3.8, 4) is 11.1 Å². The fraction of sp³-hybridized carbons (Fsp3) is 0.333. The van der Waals surface area contributed by atoms with E-state index in [1.807, 2.05) is 24.4 Å². The number of carbonyl (C=O) groups is 1. The number of nitrogens with two attached hydrogens (primary N) is 1. The van der Waals surface area contributed by atoms with Crippen molar-refractivity contribution in [2.24, 2.45) is 5.73 Å². The maximum absolute atomic E-state index is 11.0. The van der Waals surface area contributed by atoms with Crippen molar-refractivity contribution < 1.29 is 4.79 Å². The second-order valence-electron chi connectivity index (χ2n) is 7.72. The summed E-state index contributed by atoms with van der Waals surface area (Å²) in [4.78, 5) is 20.2. The highest BCUT2D eigenvalue weighted by Crippen LogP contribution is 2.37. The molecule has 1 fully saturated rings. The van der Waals surface area contributed by atoms with Gasteiger partial charge in [0.15, 0.2) is 0 Å². The van der Waals surface area contributed by atoms with E-state index in [0.717, 1.165) is 32.3 Å². The van der Waals surface area contributed by atoms with Crippen LogP contribution in [0.2, 0.25) is 0 Å². The lowest BCUT2D eigenvalue weighted by Crippen LogP contribution is -2.13. The number of nitrogens with one attached hydrogen (secondary N) is 1. The van der Waals surface area contributed by atoms with E-state index < -0.39 is 0 Å². The minimum absolute atomic E-state index is 0.252. The number of pyridine rings is 2. The first kappa shape index (κ1) is 19.6. The zero-order chi connectivity index (χ0) is 21.2. The van der Waals surface area contributed by atoms with Crippen molar-refractivity contribution >= 4 is 39.2 Å². The second-order valence-corrected chi connectivity index (χ2v) is 8.73. The molecule has 4 aromatic heterocycles. The number of primary amides is 1. The van der Waals surface area contributed by atoms with Gasteiger partial charge in [0.2, 0.25) is 11.0 Å². The molecular formula is C21H22N8OS. The molecule has 5 rings (SSSR count). The molecule has 0 aliphatic heterocycles. The smallest absolute Gasteiger partial charge is 0.219 e. The quantitative estimate of drug-likeness (QED) is 0.455. The Kier molecular flexibility index (Phi) is 5.29. The van der Waals surface area contributed by atoms with Gasteiger partial charge < -0.3 is 11.1 Å². The molecule has 0 aromatic carbocycles. The number of nitrogens with zero attached hydrogens (tertiary/aromatic N) is 6. The van der Waals surface area contributed by atoms with Crippen molar-refractivity contribution in [3.05, 3.63) is 41.8 Å². The number of aromatic nitrogens is 6. The summed E-state index contributed by atoms with van der Waals surface area (Å²) in [6, 6.07) is 5.81. The zero-order valence-electron chi connectivity index (χ0n) is 16.9. The molecule has 9 nitrogen and oxygen atoms in total. The van der Waals surface area contributed by atoms with Crippen LogP contribution >= 0.6 is 11.3 Å². The maximum Gasteiger partial charge on any atom is 0.219 e. The molecule has 1 aliphatic carbocycles. The minimum atomic E-state index is -0.348. The van der Waals surface area contributed by atoms with Crippen LogP contribution in [0, 0.1) is 0 Å². The summed E-state index contributed by atoms with van der Waals surface area (Å²) < 4.78 is 1.70. The molecule has 0 radical (unpaired) electrons. The molecule has 1 saturated carbocycles. The van der Waals surface area contributed by atoms with Crippen LogP contribution in [0.5, 0.6) is 0 Å². The Morgan fingerprint density at radius 3 is 2.87 bits per heavy atom. The standard InChI is InChI=1S/C21H22N8OS/c22-18(30)7-8-29-12-15(11-24-29)14-9-17-16(23-10-14)5-6-19(25-17)26-21-28-27-20(31-21)13-3-1-2-4-13/h5-6,9-13H,1-4,7-8H2,(H2,22,30)(H,25,26,28). The lowest BCUT2D eigenvalue weighted by molar-refractivity contribution is -0.118. The van der Waals surface area contributed by atoms with Crippen LogP contribution in [0.25, 0.3) is 22.2 Å². The highest BCUT2D eigenvalue weighted by atomic mass is 32.1. The second kappa shape index (κ2) is 8.38. The first-order valence-electron chi connectivity index (χ1n) is 10.3. The largest absolute Gasteiger partial charge is 0.370 e. The SMILES string of the molecule is NC(=O)CCn1cc(-c2cnc3ccc(Nc4nnc(C5CCCC5)s4)nc3c2)cn1. The van der Waals surface area contributed by atoms with Crippen LogP contribution in [-0.4, -0.2) is 35.9 Å². The lowest BCUT2D eigenvalue weighted by Gasteiger charge is -2.05. The molecule has 3 N–H and O–H groups in total. The number of hydrogen-bond acceptors (Lipinski definition) is 8. The van der Waals surface area contributed by atoms with Crippen LogP contribution in [0.1, 0.15) is 43.0 Å². The van der Waals surface area contributed by atoms with E-state index in [0.29, 0.717) is 18.3 Å². The number of anilines is 2. The monoisotopic (exact) mass is 434 g/mol. The summed E-state index contributed by atoms with van der Waals surface area (Å²) >= 11 is 1.61. The first-order chi connectivity index (χ1) is 15.1. The van der Waals surface area contributed by atoms with E-state index in [1.165, 1.54) is 25.7 Å². The molecule has 4 heterocycles. The molecule has 0 unspecified atom stereocenters. The van der Waals surface area contributed by atoms with Gasteiger partial charge in [0.05, 0.1) is 17.2 Å². The van der Waals surface area contributed by atoms with Crippen LogP contribution in [-0.2, 0) is 11.3 Å². The molecule has 0 spiro atoms. The van der Waals surface area contributed by atoms with Crippen molar-refractivity contribution in [1.82, 2.24) is 29.9 Å². The highest BCUT2D eigenvalue weighted by molar-refractivity contribution is 7.15. The van der Waals surface area contributed by atoms with E-state index in [9.17, 15) is 4.79 Å². The zero-order valence-corrected chi connectivity index (χ0v) is 17.7. The van der Waals surface area contributed by atoms with E-state index in [1.54, 1.807) is 28.4 Å². The maximum atomic E-state index is 11.0. The number of hydrogen-bond donors (Lipinski definition) is 2. The normalized spacial score (nSPS) is 14.3. The first-order valence-corrected chi connectivity index (χ1v) is 11.1. The van der Waals surface area contributed by atoms with Gasteiger partial charge in [0, 0.05) is 42.4 Å². The third-order valence-electron chi connectivity index (χ3n) is 5.47. The van der Waals surface area contributed by atoms with Crippen molar-refractivity contribution in [2.75, 3.05) is 5.32 Å². The molecule has 4 aromatic rings. The molecule has 1 aliphatic rings. The van der Waals surface area contributed by atoms with Crippen molar-refractivity contribution in [3.63, 3.8) is 0 Å². The van der Waals surface area contributed by atoms with Gasteiger partial charge in [0.1, 0.15) is 10.8 Å². The Morgan fingerprint density at radius 1 is 1.16 bits per heavy atom. The summed E-state index contributed by atoms with van der Waals surface area (Å²) in [5.41, 5.74) is 8.60. The molecule has 10 heteroatoms. The van der Waals surface area contributed by atoms with Crippen molar-refractivity contribution in [2.45, 2.75) is 44.6 Å². The Morgan fingerprint density at radius 2 is 2.03 bits per heavy atom. The summed E-state index contributed by atoms with van der Waals surface area (Å²) in [5.74, 6) is 0.908. The number of amides is 1. The molecule has 1 amide bonds. The molecule has 0 atom stereocenters. The fourth-order valence-corrected chi connectivity index (χ4v) is 4.75. The van der Waals surface area contributed by atoms with Crippen molar-refractivity contribution in [1.29, 1.82) is 0 Å². The average Bonchev–Trinajstić information content (AvgIpc) is 3.53. The van der Waals surface area contributed by atoms with Gasteiger partial charge in [-0.1, -0.05) is 24.2 Å². The summed E-state index contributed by atoms with van der Waals surface area (Å²) in [7, 11) is 0. The van der Waals surface area contributed by atoms with Crippen LogP contribution < -0.4 is 11.1 Å². The van der Waals surface area contributed by atoms with Crippen LogP contribution in [0.15, 0.2) is 36.8 Å². The predicted molar refractivity (Wildman–Crippen MR) is 119 cm³/mol. The summed E-state index contributed by atoms with van der Waals surface area (Å²) in [6.45, 7) is 0.452. The molecule has 0 saturated heterocycles. The summed E-state index contributed by atoms with van der Waals surface area (Å²) in [5, 5.41) is 18.1. The Bertz CT molecular complexity index is 1230. The number of aryl methyl sites for hydroxylation is 1. The van der Waals surface area contributed by atoms with Gasteiger partial charge in [-0.25, -0.2) is 4.98 Å².